The smallest absolute Gasteiger partial charge is 0.726 e. The molecule has 0 saturated heterocycles. The first-order chi connectivity index (χ1) is 4.06. The molecule has 6 heteroatoms. The largest absolute Gasteiger partial charge is 1.00 e. The van der Waals surface area contributed by atoms with E-state index in [0.29, 0.717) is 6.42 Å². The molecule has 0 N–H and O–H groups in total. The molecule has 0 rings (SSSR count). The van der Waals surface area contributed by atoms with E-state index in [9.17, 15) is 13.0 Å². The van der Waals surface area contributed by atoms with Gasteiger partial charge in [0.1, 0.15) is 0 Å². The summed E-state index contributed by atoms with van der Waals surface area (Å²) in [6.07, 6.45) is 1.83. The summed E-state index contributed by atoms with van der Waals surface area (Å²) in [5.74, 6) is 0. The molecule has 0 aliphatic rings. The van der Waals surface area contributed by atoms with Gasteiger partial charge in [0.05, 0.1) is 6.61 Å². The number of hydrogen-bond acceptors (Lipinski definition) is 4. The van der Waals surface area contributed by atoms with Crippen LogP contribution in [0.15, 0.2) is 12.7 Å². The van der Waals surface area contributed by atoms with Gasteiger partial charge < -0.3 is 4.55 Å². The molecule has 0 unspecified atom stereocenters. The maximum Gasteiger partial charge on any atom is 1.00 e. The molecule has 0 bridgehead atoms. The van der Waals surface area contributed by atoms with Crippen molar-refractivity contribution in [3.63, 3.8) is 0 Å². The van der Waals surface area contributed by atoms with E-state index in [1.165, 1.54) is 6.08 Å². The van der Waals surface area contributed by atoms with E-state index in [1.807, 2.05) is 0 Å². The second-order valence-electron chi connectivity index (χ2n) is 1.31. The van der Waals surface area contributed by atoms with Crippen molar-refractivity contribution in [2.24, 2.45) is 0 Å². The van der Waals surface area contributed by atoms with Gasteiger partial charge in [-0.05, 0) is 6.42 Å². The van der Waals surface area contributed by atoms with Crippen LogP contribution in [0.5, 0.6) is 0 Å². The normalized spacial score (nSPS) is 10.1. The molecule has 0 aromatic heterocycles. The van der Waals surface area contributed by atoms with Gasteiger partial charge in [-0.1, -0.05) is 6.08 Å². The molecule has 4 nitrogen and oxygen atoms in total. The fourth-order valence-corrected chi connectivity index (χ4v) is 0.534. The molecule has 0 aliphatic carbocycles. The average molecular weight is 158 g/mol. The van der Waals surface area contributed by atoms with Crippen molar-refractivity contribution in [1.29, 1.82) is 0 Å². The van der Waals surface area contributed by atoms with Crippen molar-refractivity contribution < 1.29 is 36.0 Å². The van der Waals surface area contributed by atoms with Crippen LogP contribution < -0.4 is 18.9 Å². The molecular formula is C4H7LiO4S. The van der Waals surface area contributed by atoms with Crippen LogP contribution in [0.25, 0.3) is 0 Å². The van der Waals surface area contributed by atoms with Crippen molar-refractivity contribution in [2.45, 2.75) is 6.42 Å². The zero-order valence-corrected chi connectivity index (χ0v) is 6.56. The van der Waals surface area contributed by atoms with Gasteiger partial charge in [0.2, 0.25) is 10.4 Å². The second kappa shape index (κ2) is 5.95. The van der Waals surface area contributed by atoms with E-state index in [2.05, 4.69) is 10.8 Å². The Morgan fingerprint density at radius 3 is 2.40 bits per heavy atom. The fraction of sp³-hybridized carbons (Fsp3) is 0.500. The monoisotopic (exact) mass is 158 g/mol. The molecule has 0 atom stereocenters. The molecule has 0 spiro atoms. The zero-order chi connectivity index (χ0) is 7.33. The van der Waals surface area contributed by atoms with Crippen LogP contribution in [0.2, 0.25) is 0 Å². The summed E-state index contributed by atoms with van der Waals surface area (Å²) in [6.45, 7) is 3.19. The average Bonchev–Trinajstić information content (AvgIpc) is 1.63. The van der Waals surface area contributed by atoms with Gasteiger partial charge in [0, 0.05) is 0 Å². The fourth-order valence-electron chi connectivity index (χ4n) is 0.234. The standard InChI is InChI=1S/C4H8O4S.Li/c1-2-3-4-8-9(5,6)7;/h2H,1,3-4H2,(H,5,6,7);/q;+1/p-1. The van der Waals surface area contributed by atoms with Crippen LogP contribution in [0.3, 0.4) is 0 Å². The zero-order valence-electron chi connectivity index (χ0n) is 5.74. The summed E-state index contributed by atoms with van der Waals surface area (Å²) in [5.41, 5.74) is 0. The van der Waals surface area contributed by atoms with Gasteiger partial charge in [-0.3, -0.25) is 4.18 Å². The number of rotatable bonds is 4. The third-order valence-corrected chi connectivity index (χ3v) is 1.00. The Morgan fingerprint density at radius 1 is 1.60 bits per heavy atom. The van der Waals surface area contributed by atoms with Gasteiger partial charge in [0.15, 0.2) is 0 Å². The Balaban J connectivity index is 0. The first-order valence-electron chi connectivity index (χ1n) is 2.27. The second-order valence-corrected chi connectivity index (χ2v) is 2.36. The van der Waals surface area contributed by atoms with Crippen LogP contribution in [-0.4, -0.2) is 19.6 Å². The maximum atomic E-state index is 9.69. The molecule has 0 aromatic rings. The molecule has 10 heavy (non-hydrogen) atoms. The minimum atomic E-state index is -4.49. The molecule has 54 valence electrons. The van der Waals surface area contributed by atoms with Crippen molar-refractivity contribution in [1.82, 2.24) is 0 Å². The van der Waals surface area contributed by atoms with E-state index in [4.69, 9.17) is 0 Å². The molecule has 0 heterocycles. The summed E-state index contributed by atoms with van der Waals surface area (Å²) in [6, 6.07) is 0. The summed E-state index contributed by atoms with van der Waals surface area (Å²) in [7, 11) is -4.49. The third-order valence-electron chi connectivity index (χ3n) is 0.550. The van der Waals surface area contributed by atoms with Gasteiger partial charge in [-0.15, -0.1) is 6.58 Å². The van der Waals surface area contributed by atoms with Crippen molar-refractivity contribution >= 4 is 10.4 Å². The van der Waals surface area contributed by atoms with Crippen LogP contribution in [-0.2, 0) is 14.6 Å². The summed E-state index contributed by atoms with van der Waals surface area (Å²) in [5, 5.41) is 0. The van der Waals surface area contributed by atoms with E-state index in [1.54, 1.807) is 0 Å². The molecular weight excluding hydrogens is 151 g/mol. The van der Waals surface area contributed by atoms with Gasteiger partial charge in [0.25, 0.3) is 0 Å². The predicted molar refractivity (Wildman–Crippen MR) is 30.5 cm³/mol. The van der Waals surface area contributed by atoms with Crippen LogP contribution >= 0.6 is 0 Å². The van der Waals surface area contributed by atoms with E-state index in [-0.39, 0.29) is 25.5 Å². The summed E-state index contributed by atoms with van der Waals surface area (Å²) >= 11 is 0. The predicted octanol–water partition coefficient (Wildman–Crippen LogP) is -2.96. The molecule has 0 fully saturated rings. The quantitative estimate of drug-likeness (QED) is 0.144. The van der Waals surface area contributed by atoms with Crippen molar-refractivity contribution in [3.8, 4) is 0 Å². The maximum absolute atomic E-state index is 9.69. The van der Waals surface area contributed by atoms with Gasteiger partial charge in [-0.2, -0.15) is 0 Å². The van der Waals surface area contributed by atoms with Gasteiger partial charge in [-0.25, -0.2) is 8.42 Å². The topological polar surface area (TPSA) is 66.4 Å². The Labute approximate surface area is 72.4 Å². The molecule has 0 aromatic carbocycles. The molecule has 0 amide bonds. The minimum Gasteiger partial charge on any atom is -0.726 e. The minimum absolute atomic E-state index is 0. The van der Waals surface area contributed by atoms with E-state index < -0.39 is 10.4 Å². The molecule has 0 aliphatic heterocycles. The Morgan fingerprint density at radius 2 is 2.10 bits per heavy atom. The first-order valence-corrected chi connectivity index (χ1v) is 3.61. The van der Waals surface area contributed by atoms with E-state index >= 15 is 0 Å². The SMILES string of the molecule is C=CCCOS(=O)(=O)[O-].[Li+]. The van der Waals surface area contributed by atoms with Crippen molar-refractivity contribution in [3.05, 3.63) is 12.7 Å². The Hall–Kier alpha value is 0.207. The van der Waals surface area contributed by atoms with Crippen molar-refractivity contribution in [2.75, 3.05) is 6.61 Å². The Kier molecular flexibility index (Phi) is 7.65. The third kappa shape index (κ3) is 11.1. The molecule has 0 saturated carbocycles. The van der Waals surface area contributed by atoms with Gasteiger partial charge >= 0.3 is 18.9 Å². The van der Waals surface area contributed by atoms with Crippen LogP contribution in [0, 0.1) is 0 Å². The van der Waals surface area contributed by atoms with Crippen LogP contribution in [0.4, 0.5) is 0 Å². The first kappa shape index (κ1) is 12.8. The van der Waals surface area contributed by atoms with Crippen LogP contribution in [0.1, 0.15) is 6.42 Å². The Bertz CT molecular complexity index is 174. The van der Waals surface area contributed by atoms with E-state index in [0.717, 1.165) is 0 Å². The molecule has 0 radical (unpaired) electrons. The number of hydrogen-bond donors (Lipinski definition) is 0. The summed E-state index contributed by atoms with van der Waals surface area (Å²) < 4.78 is 32.9. The summed E-state index contributed by atoms with van der Waals surface area (Å²) in [4.78, 5) is 0.